The van der Waals surface area contributed by atoms with Gasteiger partial charge < -0.3 is 10.1 Å². The molecule has 0 aliphatic rings. The Kier molecular flexibility index (Phi) is 2.04. The van der Waals surface area contributed by atoms with Gasteiger partial charge in [-0.1, -0.05) is 11.6 Å². The van der Waals surface area contributed by atoms with Crippen molar-refractivity contribution in [1.82, 2.24) is 4.98 Å². The first-order valence-corrected chi connectivity index (χ1v) is 4.45. The number of benzene rings is 1. The van der Waals surface area contributed by atoms with Crippen molar-refractivity contribution >= 4 is 10.9 Å². The molecule has 0 radical (unpaired) electrons. The Balaban J connectivity index is 3.09. The Labute approximate surface area is 84.8 Å². The molecule has 0 aliphatic carbocycles. The number of rotatable bonds is 0. The SMILES string of the molecule is Cc1ccc2[nH]c(=O)c(=O)cc(O)c2c1. The summed E-state index contributed by atoms with van der Waals surface area (Å²) in [6.45, 7) is 1.86. The van der Waals surface area contributed by atoms with E-state index in [1.165, 1.54) is 0 Å². The van der Waals surface area contributed by atoms with Gasteiger partial charge in [0.2, 0.25) is 5.43 Å². The maximum absolute atomic E-state index is 11.2. The lowest BCUT2D eigenvalue weighted by atomic mass is 10.1. The normalized spacial score (nSPS) is 10.5. The number of fused-ring (bicyclic) bond motifs is 1. The van der Waals surface area contributed by atoms with Crippen molar-refractivity contribution in [2.75, 3.05) is 0 Å². The van der Waals surface area contributed by atoms with Gasteiger partial charge >= 0.3 is 0 Å². The summed E-state index contributed by atoms with van der Waals surface area (Å²) in [5.74, 6) is -0.183. The highest BCUT2D eigenvalue weighted by molar-refractivity contribution is 5.84. The van der Waals surface area contributed by atoms with Crippen LogP contribution in [-0.2, 0) is 0 Å². The number of hydrogen-bond donors (Lipinski definition) is 2. The largest absolute Gasteiger partial charge is 0.507 e. The highest BCUT2D eigenvalue weighted by Crippen LogP contribution is 2.20. The molecule has 0 amide bonds. The summed E-state index contributed by atoms with van der Waals surface area (Å²) in [5.41, 5.74) is -0.0898. The second-order valence-electron chi connectivity index (χ2n) is 3.40. The van der Waals surface area contributed by atoms with Crippen LogP contribution in [0.2, 0.25) is 0 Å². The zero-order valence-electron chi connectivity index (χ0n) is 8.07. The molecule has 2 rings (SSSR count). The molecule has 1 aromatic carbocycles. The van der Waals surface area contributed by atoms with Gasteiger partial charge in [-0.2, -0.15) is 0 Å². The zero-order chi connectivity index (χ0) is 11.0. The van der Waals surface area contributed by atoms with Crippen LogP contribution in [-0.4, -0.2) is 10.1 Å². The summed E-state index contributed by atoms with van der Waals surface area (Å²) in [5, 5.41) is 10.1. The van der Waals surface area contributed by atoms with Crippen molar-refractivity contribution in [1.29, 1.82) is 0 Å². The number of nitrogens with one attached hydrogen (secondary N) is 1. The van der Waals surface area contributed by atoms with E-state index in [4.69, 9.17) is 0 Å². The van der Waals surface area contributed by atoms with Crippen molar-refractivity contribution in [2.24, 2.45) is 0 Å². The fraction of sp³-hybridized carbons (Fsp3) is 0.0909. The van der Waals surface area contributed by atoms with Gasteiger partial charge in [0.05, 0.1) is 5.52 Å². The Bertz CT molecular complexity index is 643. The molecule has 0 atom stereocenters. The highest BCUT2D eigenvalue weighted by atomic mass is 16.3. The number of aromatic hydroxyl groups is 1. The Morgan fingerprint density at radius 2 is 1.93 bits per heavy atom. The van der Waals surface area contributed by atoms with Gasteiger partial charge in [-0.25, -0.2) is 0 Å². The molecule has 0 fully saturated rings. The summed E-state index contributed by atoms with van der Waals surface area (Å²) in [6, 6.07) is 6.09. The molecule has 0 bridgehead atoms. The van der Waals surface area contributed by atoms with E-state index in [2.05, 4.69) is 4.98 Å². The van der Waals surface area contributed by atoms with E-state index in [1.807, 2.05) is 6.92 Å². The van der Waals surface area contributed by atoms with Crippen LogP contribution in [0.25, 0.3) is 10.9 Å². The Morgan fingerprint density at radius 3 is 2.67 bits per heavy atom. The Morgan fingerprint density at radius 1 is 1.20 bits per heavy atom. The minimum Gasteiger partial charge on any atom is -0.507 e. The maximum Gasteiger partial charge on any atom is 0.296 e. The van der Waals surface area contributed by atoms with Gasteiger partial charge in [-0.15, -0.1) is 0 Å². The summed E-state index contributed by atoms with van der Waals surface area (Å²) in [7, 11) is 0. The lowest BCUT2D eigenvalue weighted by molar-refractivity contribution is 0.481. The third kappa shape index (κ3) is 1.61. The van der Waals surface area contributed by atoms with E-state index >= 15 is 0 Å². The van der Waals surface area contributed by atoms with Crippen LogP contribution in [0.5, 0.6) is 5.75 Å². The lowest BCUT2D eigenvalue weighted by Crippen LogP contribution is -2.22. The molecular formula is C11H9NO3. The second-order valence-corrected chi connectivity index (χ2v) is 3.40. The van der Waals surface area contributed by atoms with Crippen LogP contribution < -0.4 is 11.0 Å². The summed E-state index contributed by atoms with van der Waals surface area (Å²) >= 11 is 0. The molecule has 0 saturated carbocycles. The molecule has 1 aromatic heterocycles. The number of H-pyrrole nitrogens is 1. The first-order chi connectivity index (χ1) is 7.08. The molecule has 2 aromatic rings. The van der Waals surface area contributed by atoms with Gasteiger partial charge in [0.1, 0.15) is 5.75 Å². The van der Waals surface area contributed by atoms with Crippen molar-refractivity contribution < 1.29 is 5.11 Å². The first kappa shape index (κ1) is 9.45. The van der Waals surface area contributed by atoms with Crippen LogP contribution in [0.4, 0.5) is 0 Å². The molecule has 1 heterocycles. The van der Waals surface area contributed by atoms with Crippen molar-refractivity contribution in [3.63, 3.8) is 0 Å². The standard InChI is InChI=1S/C11H9NO3/c1-6-2-3-8-7(4-6)9(13)5-10(14)11(15)12-8/h2-5,13H,1H3,(H,12,14,15). The van der Waals surface area contributed by atoms with E-state index in [0.717, 1.165) is 11.6 Å². The fourth-order valence-electron chi connectivity index (χ4n) is 1.43. The van der Waals surface area contributed by atoms with Gasteiger partial charge in [-0.05, 0) is 19.1 Å². The van der Waals surface area contributed by atoms with Crippen LogP contribution in [0.15, 0.2) is 33.9 Å². The van der Waals surface area contributed by atoms with Crippen molar-refractivity contribution in [3.05, 3.63) is 50.4 Å². The smallest absolute Gasteiger partial charge is 0.296 e. The third-order valence-corrected chi connectivity index (χ3v) is 2.19. The van der Waals surface area contributed by atoms with Gasteiger partial charge in [0.15, 0.2) is 0 Å². The van der Waals surface area contributed by atoms with Gasteiger partial charge in [0, 0.05) is 11.5 Å². The molecule has 15 heavy (non-hydrogen) atoms. The Hall–Kier alpha value is -2.10. The third-order valence-electron chi connectivity index (χ3n) is 2.19. The van der Waals surface area contributed by atoms with Crippen LogP contribution in [0.3, 0.4) is 0 Å². The number of aromatic amines is 1. The molecule has 0 aliphatic heterocycles. The molecule has 4 heteroatoms. The molecule has 0 saturated heterocycles. The number of hydrogen-bond acceptors (Lipinski definition) is 3. The molecule has 0 unspecified atom stereocenters. The first-order valence-electron chi connectivity index (χ1n) is 4.45. The molecule has 0 spiro atoms. The van der Waals surface area contributed by atoms with E-state index in [9.17, 15) is 14.7 Å². The van der Waals surface area contributed by atoms with Gasteiger partial charge in [0.25, 0.3) is 5.56 Å². The molecule has 2 N–H and O–H groups in total. The monoisotopic (exact) mass is 203 g/mol. The average molecular weight is 203 g/mol. The predicted molar refractivity (Wildman–Crippen MR) is 57.2 cm³/mol. The minimum absolute atomic E-state index is 0.183. The summed E-state index contributed by atoms with van der Waals surface area (Å²) in [6.07, 6.45) is 0. The summed E-state index contributed by atoms with van der Waals surface area (Å²) in [4.78, 5) is 24.7. The van der Waals surface area contributed by atoms with E-state index in [-0.39, 0.29) is 5.75 Å². The van der Waals surface area contributed by atoms with Crippen LogP contribution >= 0.6 is 0 Å². The lowest BCUT2D eigenvalue weighted by Gasteiger charge is -1.96. The predicted octanol–water partition coefficient (Wildman–Crippen LogP) is 0.902. The van der Waals surface area contributed by atoms with Gasteiger partial charge in [-0.3, -0.25) is 9.59 Å². The topological polar surface area (TPSA) is 70.2 Å². The highest BCUT2D eigenvalue weighted by Gasteiger charge is 2.02. The van der Waals surface area contributed by atoms with Crippen LogP contribution in [0.1, 0.15) is 5.56 Å². The average Bonchev–Trinajstić information content (AvgIpc) is 2.28. The molecular weight excluding hydrogens is 194 g/mol. The maximum atomic E-state index is 11.2. The molecule has 4 nitrogen and oxygen atoms in total. The molecule has 76 valence electrons. The quantitative estimate of drug-likeness (QED) is 0.625. The zero-order valence-corrected chi connectivity index (χ0v) is 8.07. The second kappa shape index (κ2) is 3.24. The van der Waals surface area contributed by atoms with Crippen molar-refractivity contribution in [2.45, 2.75) is 6.92 Å². The van der Waals surface area contributed by atoms with Crippen molar-refractivity contribution in [3.8, 4) is 5.75 Å². The number of aryl methyl sites for hydroxylation is 1. The summed E-state index contributed by atoms with van der Waals surface area (Å²) < 4.78 is 0. The van der Waals surface area contributed by atoms with E-state index < -0.39 is 11.0 Å². The van der Waals surface area contributed by atoms with Crippen LogP contribution in [0, 0.1) is 6.92 Å². The minimum atomic E-state index is -0.749. The van der Waals surface area contributed by atoms with E-state index in [0.29, 0.717) is 10.9 Å². The van der Waals surface area contributed by atoms with E-state index in [1.54, 1.807) is 18.2 Å². The number of aromatic nitrogens is 1. The fourth-order valence-corrected chi connectivity index (χ4v) is 1.43.